The molecule has 2 atom stereocenters. The van der Waals surface area contributed by atoms with Gasteiger partial charge in [0.2, 0.25) is 5.96 Å². The molecule has 0 radical (unpaired) electrons. The minimum Gasteiger partial charge on any atom is -0.348 e. The smallest absolute Gasteiger partial charge is 0.251 e. The van der Waals surface area contributed by atoms with Crippen molar-refractivity contribution in [2.45, 2.75) is 38.5 Å². The average molecular weight is 465 g/mol. The van der Waals surface area contributed by atoms with Crippen LogP contribution >= 0.6 is 0 Å². The highest BCUT2D eigenvalue weighted by Gasteiger charge is 2.31. The van der Waals surface area contributed by atoms with Crippen LogP contribution in [0.2, 0.25) is 0 Å². The molecule has 0 aliphatic carbocycles. The van der Waals surface area contributed by atoms with Crippen molar-refractivity contribution in [2.24, 2.45) is 9.98 Å². The summed E-state index contributed by atoms with van der Waals surface area (Å²) < 4.78 is 2.13. The second-order valence-electron chi connectivity index (χ2n) is 8.94. The molecule has 0 saturated heterocycles. The number of imidazole rings is 1. The molecule has 5 rings (SSSR count). The second-order valence-corrected chi connectivity index (χ2v) is 8.94. The number of para-hydroxylation sites is 2. The molecule has 7 heteroatoms. The topological polar surface area (TPSA) is 83.7 Å². The van der Waals surface area contributed by atoms with Crippen molar-refractivity contribution in [3.63, 3.8) is 0 Å². The fourth-order valence-electron chi connectivity index (χ4n) is 4.29. The first-order valence-corrected chi connectivity index (χ1v) is 11.7. The number of benzene rings is 3. The fourth-order valence-corrected chi connectivity index (χ4v) is 4.29. The Morgan fingerprint density at radius 1 is 1.11 bits per heavy atom. The third-order valence-electron chi connectivity index (χ3n) is 6.31. The molecule has 3 aromatic carbocycles. The summed E-state index contributed by atoms with van der Waals surface area (Å²) in [5.74, 6) is 0.451. The molecule has 7 nitrogen and oxygen atoms in total. The van der Waals surface area contributed by atoms with Gasteiger partial charge in [-0.3, -0.25) is 4.79 Å². The van der Waals surface area contributed by atoms with E-state index in [9.17, 15) is 4.79 Å². The quantitative estimate of drug-likeness (QED) is 0.429. The van der Waals surface area contributed by atoms with E-state index in [0.717, 1.165) is 22.2 Å². The van der Waals surface area contributed by atoms with Gasteiger partial charge in [0, 0.05) is 24.7 Å². The molecule has 1 unspecified atom stereocenters. The lowest BCUT2D eigenvalue weighted by Crippen LogP contribution is -2.50. The summed E-state index contributed by atoms with van der Waals surface area (Å²) >= 11 is 0. The molecule has 2 N–H and O–H groups in total. The van der Waals surface area contributed by atoms with Crippen molar-refractivity contribution in [3.05, 3.63) is 102 Å². The van der Waals surface area contributed by atoms with Gasteiger partial charge < -0.3 is 15.2 Å². The number of aromatic nitrogens is 2. The summed E-state index contributed by atoms with van der Waals surface area (Å²) in [6, 6.07) is 25.4. The summed E-state index contributed by atoms with van der Waals surface area (Å²) in [7, 11) is 0. The molecule has 2 heterocycles. The lowest BCUT2D eigenvalue weighted by atomic mass is 10.0. The minimum absolute atomic E-state index is 0.107. The van der Waals surface area contributed by atoms with Gasteiger partial charge in [-0.1, -0.05) is 54.6 Å². The Hall–Kier alpha value is -4.26. The van der Waals surface area contributed by atoms with Crippen LogP contribution in [0.15, 0.2) is 95.2 Å². The lowest BCUT2D eigenvalue weighted by Gasteiger charge is -2.34. The monoisotopic (exact) mass is 464 g/mol. The number of nitrogens with one attached hydrogen (secondary N) is 2. The minimum atomic E-state index is -0.435. The number of fused-ring (bicyclic) bond motifs is 1. The maximum atomic E-state index is 12.7. The molecular formula is C28H28N6O. The Bertz CT molecular complexity index is 1410. The predicted molar refractivity (Wildman–Crippen MR) is 140 cm³/mol. The summed E-state index contributed by atoms with van der Waals surface area (Å²) in [5, 5.41) is 6.48. The van der Waals surface area contributed by atoms with E-state index in [4.69, 9.17) is 4.99 Å². The number of nitrogens with zero attached hydrogens (tertiary/aromatic N) is 4. The van der Waals surface area contributed by atoms with Crippen molar-refractivity contribution >= 4 is 29.1 Å². The number of amides is 1. The van der Waals surface area contributed by atoms with E-state index in [1.165, 1.54) is 0 Å². The van der Waals surface area contributed by atoms with Crippen molar-refractivity contribution in [2.75, 3.05) is 0 Å². The summed E-state index contributed by atoms with van der Waals surface area (Å²) in [6.45, 7) is 4.61. The molecule has 0 saturated carbocycles. The van der Waals surface area contributed by atoms with Crippen LogP contribution in [-0.4, -0.2) is 27.6 Å². The van der Waals surface area contributed by atoms with Crippen LogP contribution in [0, 0.1) is 0 Å². The normalized spacial score (nSPS) is 19.4. The second kappa shape index (κ2) is 9.54. The summed E-state index contributed by atoms with van der Waals surface area (Å²) in [5.41, 5.74) is 4.19. The van der Waals surface area contributed by atoms with Crippen LogP contribution in [0.3, 0.4) is 0 Å². The number of carbonyl (C=O) groups excluding carboxylic acids is 1. The molecule has 1 aliphatic heterocycles. The van der Waals surface area contributed by atoms with Crippen molar-refractivity contribution in [1.29, 1.82) is 0 Å². The zero-order valence-electron chi connectivity index (χ0n) is 19.8. The molecule has 1 aliphatic rings. The maximum absolute atomic E-state index is 12.7. The lowest BCUT2D eigenvalue weighted by molar-refractivity contribution is 0.0951. The zero-order valence-corrected chi connectivity index (χ0v) is 19.8. The molecule has 0 bridgehead atoms. The highest BCUT2D eigenvalue weighted by molar-refractivity contribution is 5.94. The molecular weight excluding hydrogens is 436 g/mol. The van der Waals surface area contributed by atoms with Gasteiger partial charge in [-0.2, -0.15) is 0 Å². The van der Waals surface area contributed by atoms with Crippen LogP contribution in [0.5, 0.6) is 0 Å². The van der Waals surface area contributed by atoms with Crippen LogP contribution in [0.25, 0.3) is 11.0 Å². The predicted octanol–water partition coefficient (Wildman–Crippen LogP) is 4.82. The maximum Gasteiger partial charge on any atom is 0.251 e. The molecule has 0 spiro atoms. The van der Waals surface area contributed by atoms with Gasteiger partial charge in [-0.15, -0.1) is 0 Å². The molecule has 4 aromatic rings. The van der Waals surface area contributed by atoms with E-state index < -0.39 is 5.66 Å². The van der Waals surface area contributed by atoms with Gasteiger partial charge in [0.05, 0.1) is 23.4 Å². The molecule has 176 valence electrons. The third kappa shape index (κ3) is 4.84. The van der Waals surface area contributed by atoms with E-state index in [1.54, 1.807) is 0 Å². The number of carbonyl (C=O) groups is 1. The molecule has 0 fully saturated rings. The van der Waals surface area contributed by atoms with Crippen molar-refractivity contribution in [3.8, 4) is 0 Å². The summed E-state index contributed by atoms with van der Waals surface area (Å²) in [4.78, 5) is 26.6. The van der Waals surface area contributed by atoms with Crippen LogP contribution in [0.4, 0.5) is 0 Å². The molecule has 1 aromatic heterocycles. The fraction of sp³-hybridized carbons (Fsp3) is 0.214. The zero-order chi connectivity index (χ0) is 24.3. The number of rotatable bonds is 6. The van der Waals surface area contributed by atoms with Gasteiger partial charge in [0.25, 0.3) is 5.91 Å². The summed E-state index contributed by atoms with van der Waals surface area (Å²) in [6.07, 6.45) is 4.46. The third-order valence-corrected chi connectivity index (χ3v) is 6.31. The highest BCUT2D eigenvalue weighted by atomic mass is 16.1. The van der Waals surface area contributed by atoms with Gasteiger partial charge in [-0.05, 0) is 49.2 Å². The van der Waals surface area contributed by atoms with Crippen LogP contribution < -0.4 is 10.6 Å². The van der Waals surface area contributed by atoms with Gasteiger partial charge in [0.1, 0.15) is 5.66 Å². The number of aliphatic imine (C=N–C) groups is 2. The van der Waals surface area contributed by atoms with E-state index in [2.05, 4.69) is 38.2 Å². The molecule has 1 amide bonds. The largest absolute Gasteiger partial charge is 0.348 e. The highest BCUT2D eigenvalue weighted by Crippen LogP contribution is 2.26. The van der Waals surface area contributed by atoms with E-state index >= 15 is 0 Å². The Morgan fingerprint density at radius 2 is 1.91 bits per heavy atom. The first-order valence-electron chi connectivity index (χ1n) is 11.7. The Labute approximate surface area is 204 Å². The first kappa shape index (κ1) is 22.5. The number of hydrogen-bond acceptors (Lipinski definition) is 3. The van der Waals surface area contributed by atoms with Gasteiger partial charge >= 0.3 is 0 Å². The Morgan fingerprint density at radius 3 is 2.77 bits per heavy atom. The standard InChI is InChI=1S/C28H28N6O/c1-20(22-11-8-12-23(17-22)26(35)30-18-21-9-4-3-5-10-21)32-27-29-16-15-28(2,33-27)34-19-31-24-13-6-7-14-25(24)34/h3-14,16-17,19-20H,15,18H2,1-2H3,(H,30,35)(H,32,33)/t20-,28?/m0/s1. The molecule has 35 heavy (non-hydrogen) atoms. The Balaban J connectivity index is 1.31. The van der Waals surface area contributed by atoms with Gasteiger partial charge in [0.15, 0.2) is 0 Å². The van der Waals surface area contributed by atoms with Crippen LogP contribution in [0.1, 0.15) is 47.8 Å². The number of guanidine groups is 1. The van der Waals surface area contributed by atoms with Crippen LogP contribution in [-0.2, 0) is 12.2 Å². The number of hydrogen-bond donors (Lipinski definition) is 2. The van der Waals surface area contributed by atoms with Crippen molar-refractivity contribution in [1.82, 2.24) is 20.2 Å². The van der Waals surface area contributed by atoms with Gasteiger partial charge in [-0.25, -0.2) is 15.0 Å². The van der Waals surface area contributed by atoms with E-state index in [-0.39, 0.29) is 11.9 Å². The SMILES string of the molecule is C[C@H](N=C1N=CCC(C)(n2cnc3ccccc32)N1)c1cccc(C(=O)NCc2ccccc2)c1. The average Bonchev–Trinajstić information content (AvgIpc) is 3.33. The first-order chi connectivity index (χ1) is 17.0. The van der Waals surface area contributed by atoms with Crippen molar-refractivity contribution < 1.29 is 4.79 Å². The van der Waals surface area contributed by atoms with E-state index in [0.29, 0.717) is 24.5 Å². The van der Waals surface area contributed by atoms with E-state index in [1.807, 2.05) is 92.3 Å². The Kier molecular flexibility index (Phi) is 6.14.